The molecule has 4 nitrogen and oxygen atoms in total. The molecule has 0 heterocycles. The van der Waals surface area contributed by atoms with Crippen molar-refractivity contribution in [2.75, 3.05) is 0 Å². The van der Waals surface area contributed by atoms with E-state index in [9.17, 15) is 8.42 Å². The first-order valence-electron chi connectivity index (χ1n) is 5.86. The molecule has 0 amide bonds. The van der Waals surface area contributed by atoms with E-state index in [4.69, 9.17) is 17.3 Å². The summed E-state index contributed by atoms with van der Waals surface area (Å²) in [6, 6.07) is 13.1. The van der Waals surface area contributed by atoms with Gasteiger partial charge in [-0.3, -0.25) is 5.73 Å². The van der Waals surface area contributed by atoms with Gasteiger partial charge in [0, 0.05) is 5.02 Å². The monoisotopic (exact) mass is 309 g/mol. The van der Waals surface area contributed by atoms with Crippen LogP contribution >= 0.6 is 11.6 Å². The number of halogens is 1. The summed E-state index contributed by atoms with van der Waals surface area (Å²) in [5.41, 5.74) is 7.33. The number of nitrogens with two attached hydrogens (primary N) is 1. The SMILES string of the molecule is Cc1ccc(S(=O)(=O)[NH+]=C(N)c2ccc(Cl)cc2)cc1. The Morgan fingerprint density at radius 3 is 2.15 bits per heavy atom. The van der Waals surface area contributed by atoms with E-state index in [0.29, 0.717) is 10.6 Å². The fourth-order valence-corrected chi connectivity index (χ4v) is 2.76. The molecule has 2 aromatic carbocycles. The molecule has 3 N–H and O–H groups in total. The molecule has 20 heavy (non-hydrogen) atoms. The van der Waals surface area contributed by atoms with Crippen LogP contribution in [0.4, 0.5) is 0 Å². The van der Waals surface area contributed by atoms with Gasteiger partial charge in [-0.25, -0.2) is 0 Å². The first kappa shape index (κ1) is 14.6. The van der Waals surface area contributed by atoms with Gasteiger partial charge in [-0.05, 0) is 43.3 Å². The summed E-state index contributed by atoms with van der Waals surface area (Å²) in [7, 11) is -3.68. The summed E-state index contributed by atoms with van der Waals surface area (Å²) in [6.07, 6.45) is 0. The Hall–Kier alpha value is -1.85. The van der Waals surface area contributed by atoms with Gasteiger partial charge in [-0.15, -0.1) is 0 Å². The van der Waals surface area contributed by atoms with Crippen LogP contribution in [0, 0.1) is 6.92 Å². The van der Waals surface area contributed by atoms with Crippen LogP contribution in [0.25, 0.3) is 0 Å². The summed E-state index contributed by atoms with van der Waals surface area (Å²) in [6.45, 7) is 1.89. The van der Waals surface area contributed by atoms with Crippen molar-refractivity contribution in [3.63, 3.8) is 0 Å². The van der Waals surface area contributed by atoms with Crippen LogP contribution in [-0.4, -0.2) is 14.3 Å². The summed E-state index contributed by atoms with van der Waals surface area (Å²) in [5, 5.41) is 0.558. The molecule has 2 aromatic rings. The fourth-order valence-electron chi connectivity index (χ4n) is 1.61. The van der Waals surface area contributed by atoms with Crippen molar-refractivity contribution in [2.24, 2.45) is 5.73 Å². The minimum atomic E-state index is -3.68. The molecule has 0 aliphatic heterocycles. The van der Waals surface area contributed by atoms with Crippen LogP contribution in [0.3, 0.4) is 0 Å². The van der Waals surface area contributed by atoms with E-state index in [1.165, 1.54) is 12.1 Å². The van der Waals surface area contributed by atoms with Gasteiger partial charge in [0.05, 0.1) is 5.56 Å². The normalized spacial score (nSPS) is 12.4. The van der Waals surface area contributed by atoms with Crippen LogP contribution in [0.5, 0.6) is 0 Å². The standard InChI is InChI=1S/C14H13ClN2O2S/c1-10-2-8-13(9-3-10)20(18,19)17-14(16)11-4-6-12(15)7-5-11/h2-9H,1H3,(H2,16,17)/p+1. The van der Waals surface area contributed by atoms with Crippen molar-refractivity contribution in [2.45, 2.75) is 11.8 Å². The van der Waals surface area contributed by atoms with Crippen LogP contribution < -0.4 is 10.1 Å². The van der Waals surface area contributed by atoms with Gasteiger partial charge in [0.15, 0.2) is 0 Å². The fraction of sp³-hybridized carbons (Fsp3) is 0.0714. The largest absolute Gasteiger partial charge is 0.328 e. The third-order valence-corrected chi connectivity index (χ3v) is 4.36. The second-order valence-corrected chi connectivity index (χ2v) is 6.46. The van der Waals surface area contributed by atoms with Gasteiger partial charge in [-0.2, -0.15) is 12.8 Å². The topological polar surface area (TPSA) is 74.1 Å². The quantitative estimate of drug-likeness (QED) is 0.651. The number of nitrogen functional groups attached to an aromatic ring is 1. The highest BCUT2D eigenvalue weighted by molar-refractivity contribution is 7.84. The highest BCUT2D eigenvalue weighted by Crippen LogP contribution is 2.09. The highest BCUT2D eigenvalue weighted by atomic mass is 35.5. The predicted octanol–water partition coefficient (Wildman–Crippen LogP) is 0.823. The molecule has 0 radical (unpaired) electrons. The number of benzene rings is 2. The zero-order valence-corrected chi connectivity index (χ0v) is 12.4. The third kappa shape index (κ3) is 3.37. The summed E-state index contributed by atoms with van der Waals surface area (Å²) in [5.74, 6) is 0.0576. The number of amidine groups is 1. The first-order valence-corrected chi connectivity index (χ1v) is 7.72. The van der Waals surface area contributed by atoms with Gasteiger partial charge >= 0.3 is 10.0 Å². The molecule has 104 valence electrons. The molecular weight excluding hydrogens is 296 g/mol. The minimum Gasteiger partial charge on any atom is -0.286 e. The lowest BCUT2D eigenvalue weighted by Crippen LogP contribution is -2.78. The Bertz CT molecular complexity index is 736. The smallest absolute Gasteiger partial charge is 0.286 e. The Kier molecular flexibility index (Phi) is 4.11. The number of aryl methyl sites for hydroxylation is 1. The van der Waals surface area contributed by atoms with Crippen LogP contribution in [0.1, 0.15) is 11.1 Å². The van der Waals surface area contributed by atoms with Crippen molar-refractivity contribution in [1.82, 2.24) is 0 Å². The molecule has 6 heteroatoms. The third-order valence-electron chi connectivity index (χ3n) is 2.73. The van der Waals surface area contributed by atoms with E-state index in [0.717, 1.165) is 5.56 Å². The minimum absolute atomic E-state index is 0.0576. The molecule has 2 rings (SSSR count). The number of hydrogen-bond donors (Lipinski definition) is 2. The molecule has 0 atom stereocenters. The van der Waals surface area contributed by atoms with Gasteiger partial charge in [0.25, 0.3) is 5.84 Å². The predicted molar refractivity (Wildman–Crippen MR) is 79.1 cm³/mol. The maximum atomic E-state index is 12.2. The molecule has 0 fully saturated rings. The zero-order chi connectivity index (χ0) is 14.8. The van der Waals surface area contributed by atoms with Gasteiger partial charge in [0.1, 0.15) is 4.90 Å². The lowest BCUT2D eigenvalue weighted by Gasteiger charge is -2.00. The van der Waals surface area contributed by atoms with Crippen molar-refractivity contribution >= 4 is 27.5 Å². The van der Waals surface area contributed by atoms with Crippen molar-refractivity contribution in [1.29, 1.82) is 0 Å². The molecule has 0 unspecified atom stereocenters. The Labute approximate surface area is 123 Å². The zero-order valence-electron chi connectivity index (χ0n) is 10.8. The van der Waals surface area contributed by atoms with E-state index in [-0.39, 0.29) is 10.7 Å². The van der Waals surface area contributed by atoms with E-state index in [1.54, 1.807) is 36.4 Å². The number of rotatable bonds is 3. The Morgan fingerprint density at radius 2 is 1.60 bits per heavy atom. The molecule has 0 bridgehead atoms. The molecule has 0 spiro atoms. The molecule has 0 aliphatic carbocycles. The highest BCUT2D eigenvalue weighted by Gasteiger charge is 2.17. The number of sulfonamides is 1. The Morgan fingerprint density at radius 1 is 1.05 bits per heavy atom. The summed E-state index contributed by atoms with van der Waals surface area (Å²) < 4.78 is 26.7. The van der Waals surface area contributed by atoms with Crippen LogP contribution in [-0.2, 0) is 10.0 Å². The number of hydrogen-bond acceptors (Lipinski definition) is 2. The van der Waals surface area contributed by atoms with Crippen molar-refractivity contribution in [3.8, 4) is 0 Å². The molecule has 0 aliphatic rings. The molecule has 0 aromatic heterocycles. The molecular formula is C14H14ClN2O2S+. The molecule has 0 saturated heterocycles. The maximum absolute atomic E-state index is 12.2. The van der Waals surface area contributed by atoms with Crippen molar-refractivity contribution < 1.29 is 12.8 Å². The van der Waals surface area contributed by atoms with E-state index in [1.807, 2.05) is 6.92 Å². The number of nitrogens with one attached hydrogen (secondary N) is 1. The van der Waals surface area contributed by atoms with E-state index in [2.05, 4.69) is 4.40 Å². The van der Waals surface area contributed by atoms with Gasteiger partial charge in [-0.1, -0.05) is 29.3 Å². The van der Waals surface area contributed by atoms with Gasteiger partial charge < -0.3 is 0 Å². The average Bonchev–Trinajstić information content (AvgIpc) is 2.39. The maximum Gasteiger partial charge on any atom is 0.328 e. The van der Waals surface area contributed by atoms with Crippen LogP contribution in [0.2, 0.25) is 5.02 Å². The lowest BCUT2D eigenvalue weighted by atomic mass is 10.2. The average molecular weight is 310 g/mol. The first-order chi connectivity index (χ1) is 9.38. The van der Waals surface area contributed by atoms with Crippen LogP contribution in [0.15, 0.2) is 53.4 Å². The summed E-state index contributed by atoms with van der Waals surface area (Å²) in [4.78, 5) is 0.167. The summed E-state index contributed by atoms with van der Waals surface area (Å²) >= 11 is 5.77. The lowest BCUT2D eigenvalue weighted by molar-refractivity contribution is -0.268. The molecule has 0 saturated carbocycles. The second kappa shape index (κ2) is 5.64. The van der Waals surface area contributed by atoms with Gasteiger partial charge in [0.2, 0.25) is 0 Å². The second-order valence-electron chi connectivity index (χ2n) is 4.34. The van der Waals surface area contributed by atoms with Crippen molar-refractivity contribution in [3.05, 3.63) is 64.7 Å². The Balaban J connectivity index is 2.37. The van der Waals surface area contributed by atoms with E-state index < -0.39 is 10.0 Å². The van der Waals surface area contributed by atoms with E-state index >= 15 is 0 Å².